The van der Waals surface area contributed by atoms with Gasteiger partial charge in [-0.15, -0.1) is 0 Å². The van der Waals surface area contributed by atoms with Gasteiger partial charge in [0.1, 0.15) is 0 Å². The summed E-state index contributed by atoms with van der Waals surface area (Å²) in [5, 5.41) is 2.84. The number of nitrogens with zero attached hydrogens (tertiary/aromatic N) is 1. The number of likely N-dealkylation sites (tertiary alicyclic amines) is 1. The normalized spacial score (nSPS) is 29.4. The predicted octanol–water partition coefficient (Wildman–Crippen LogP) is 1.28. The van der Waals surface area contributed by atoms with Gasteiger partial charge in [-0.1, -0.05) is 30.3 Å². The lowest BCUT2D eigenvalue weighted by molar-refractivity contribution is -0.128. The maximum Gasteiger partial charge on any atom is 0.225 e. The molecule has 2 amide bonds. The summed E-state index contributed by atoms with van der Waals surface area (Å²) in [6.07, 6.45) is 1.49. The van der Waals surface area contributed by atoms with E-state index in [1.165, 1.54) is 12.5 Å². The predicted molar refractivity (Wildman–Crippen MR) is 71.5 cm³/mol. The molecule has 2 fully saturated rings. The molecule has 1 aliphatic carbocycles. The Balaban J connectivity index is 1.63. The number of amides is 2. The van der Waals surface area contributed by atoms with E-state index in [9.17, 15) is 9.59 Å². The van der Waals surface area contributed by atoms with Crippen LogP contribution in [0.4, 0.5) is 0 Å². The Hall–Kier alpha value is -1.84. The maximum atomic E-state index is 12.0. The number of hydrogen-bond acceptors (Lipinski definition) is 2. The highest BCUT2D eigenvalue weighted by atomic mass is 16.2. The molecule has 1 aromatic rings. The zero-order chi connectivity index (χ0) is 13.4. The average molecular weight is 258 g/mol. The van der Waals surface area contributed by atoms with E-state index in [2.05, 4.69) is 17.4 Å². The second-order valence-corrected chi connectivity index (χ2v) is 5.47. The molecule has 100 valence electrons. The van der Waals surface area contributed by atoms with E-state index in [0.29, 0.717) is 24.9 Å². The van der Waals surface area contributed by atoms with E-state index in [1.807, 2.05) is 23.1 Å². The van der Waals surface area contributed by atoms with Gasteiger partial charge in [0.05, 0.1) is 6.04 Å². The first-order valence-electron chi connectivity index (χ1n) is 6.76. The summed E-state index contributed by atoms with van der Waals surface area (Å²) in [5.74, 6) is 0.582. The molecule has 1 N–H and O–H groups in total. The van der Waals surface area contributed by atoms with Crippen LogP contribution in [0.2, 0.25) is 0 Å². The smallest absolute Gasteiger partial charge is 0.225 e. The Morgan fingerprint density at radius 3 is 2.74 bits per heavy atom. The van der Waals surface area contributed by atoms with Gasteiger partial charge in [-0.3, -0.25) is 9.59 Å². The first-order chi connectivity index (χ1) is 9.15. The molecule has 1 saturated heterocycles. The van der Waals surface area contributed by atoms with Gasteiger partial charge in [-0.05, 0) is 12.0 Å². The van der Waals surface area contributed by atoms with Crippen molar-refractivity contribution in [3.05, 3.63) is 35.9 Å². The Kier molecular flexibility index (Phi) is 3.01. The molecule has 3 atom stereocenters. The van der Waals surface area contributed by atoms with Gasteiger partial charge in [0.25, 0.3) is 0 Å². The molecule has 3 rings (SSSR count). The van der Waals surface area contributed by atoms with Gasteiger partial charge in [-0.25, -0.2) is 0 Å². The maximum absolute atomic E-state index is 12.0. The summed E-state index contributed by atoms with van der Waals surface area (Å²) < 4.78 is 0. The van der Waals surface area contributed by atoms with Crippen molar-refractivity contribution in [1.29, 1.82) is 0 Å². The van der Waals surface area contributed by atoms with E-state index in [1.54, 1.807) is 0 Å². The van der Waals surface area contributed by atoms with Gasteiger partial charge in [-0.2, -0.15) is 0 Å². The van der Waals surface area contributed by atoms with Gasteiger partial charge in [0.2, 0.25) is 11.8 Å². The number of rotatable bonds is 3. The Bertz CT molecular complexity index is 500. The van der Waals surface area contributed by atoms with Crippen molar-refractivity contribution >= 4 is 11.8 Å². The average Bonchev–Trinajstić information content (AvgIpc) is 3.09. The van der Waals surface area contributed by atoms with Crippen LogP contribution in [0.5, 0.6) is 0 Å². The summed E-state index contributed by atoms with van der Waals surface area (Å²) in [6.45, 7) is 2.16. The summed E-state index contributed by atoms with van der Waals surface area (Å²) in [7, 11) is 0. The minimum Gasteiger partial charge on any atom is -0.351 e. The van der Waals surface area contributed by atoms with Crippen molar-refractivity contribution in [3.63, 3.8) is 0 Å². The first kappa shape index (κ1) is 12.2. The highest BCUT2D eigenvalue weighted by Gasteiger charge is 2.47. The molecule has 4 heteroatoms. The van der Waals surface area contributed by atoms with Gasteiger partial charge >= 0.3 is 0 Å². The van der Waals surface area contributed by atoms with E-state index >= 15 is 0 Å². The molecular weight excluding hydrogens is 240 g/mol. The SMILES string of the molecule is CC(=O)N[C@@H]1CC(=O)N([C@H]2C[C@@H]2c2ccccc2)C1. The van der Waals surface area contributed by atoms with Crippen LogP contribution in [0.15, 0.2) is 30.3 Å². The van der Waals surface area contributed by atoms with Crippen molar-refractivity contribution in [2.24, 2.45) is 0 Å². The molecule has 1 saturated carbocycles. The second-order valence-electron chi connectivity index (χ2n) is 5.47. The standard InChI is InChI=1S/C15H18N2O2/c1-10(18)16-12-7-15(19)17(9-12)14-8-13(14)11-5-3-2-4-6-11/h2-6,12-14H,7-9H2,1H3,(H,16,18)/t12-,13-,14+/m1/s1. The molecule has 0 unspecified atom stereocenters. The Morgan fingerprint density at radius 2 is 2.05 bits per heavy atom. The molecule has 0 aromatic heterocycles. The van der Waals surface area contributed by atoms with E-state index < -0.39 is 0 Å². The summed E-state index contributed by atoms with van der Waals surface area (Å²) >= 11 is 0. The lowest BCUT2D eigenvalue weighted by Crippen LogP contribution is -2.36. The number of carbonyl (C=O) groups excluding carboxylic acids is 2. The number of carbonyl (C=O) groups is 2. The lowest BCUT2D eigenvalue weighted by Gasteiger charge is -2.17. The number of nitrogens with one attached hydrogen (secondary N) is 1. The molecule has 1 aromatic carbocycles. The molecule has 0 spiro atoms. The van der Waals surface area contributed by atoms with Crippen molar-refractivity contribution in [1.82, 2.24) is 10.2 Å². The summed E-state index contributed by atoms with van der Waals surface area (Å²) in [5.41, 5.74) is 1.31. The molecule has 1 aliphatic heterocycles. The van der Waals surface area contributed by atoms with Crippen LogP contribution in [0.1, 0.15) is 31.2 Å². The van der Waals surface area contributed by atoms with Crippen LogP contribution in [0.25, 0.3) is 0 Å². The molecule has 2 aliphatic rings. The summed E-state index contributed by atoms with van der Waals surface area (Å²) in [6, 6.07) is 10.6. The van der Waals surface area contributed by atoms with Gasteiger partial charge in [0, 0.05) is 31.8 Å². The highest BCUT2D eigenvalue weighted by Crippen LogP contribution is 2.45. The first-order valence-corrected chi connectivity index (χ1v) is 6.76. The fourth-order valence-electron chi connectivity index (χ4n) is 3.02. The van der Waals surface area contributed by atoms with Crippen molar-refractivity contribution in [3.8, 4) is 0 Å². The zero-order valence-electron chi connectivity index (χ0n) is 11.0. The van der Waals surface area contributed by atoms with Gasteiger partial charge in [0.15, 0.2) is 0 Å². The van der Waals surface area contributed by atoms with Crippen LogP contribution >= 0.6 is 0 Å². The fourth-order valence-corrected chi connectivity index (χ4v) is 3.02. The molecule has 0 bridgehead atoms. The van der Waals surface area contributed by atoms with Crippen LogP contribution in [-0.2, 0) is 9.59 Å². The zero-order valence-corrected chi connectivity index (χ0v) is 11.0. The third-order valence-electron chi connectivity index (χ3n) is 3.95. The van der Waals surface area contributed by atoms with Crippen molar-refractivity contribution in [2.75, 3.05) is 6.54 Å². The molecule has 4 nitrogen and oxygen atoms in total. The van der Waals surface area contributed by atoms with Crippen LogP contribution in [0, 0.1) is 0 Å². The quantitative estimate of drug-likeness (QED) is 0.888. The minimum absolute atomic E-state index is 0.0120. The van der Waals surface area contributed by atoms with Crippen LogP contribution in [0.3, 0.4) is 0 Å². The molecular formula is C15H18N2O2. The van der Waals surface area contributed by atoms with Crippen LogP contribution < -0.4 is 5.32 Å². The molecule has 0 radical (unpaired) electrons. The van der Waals surface area contributed by atoms with E-state index in [0.717, 1.165) is 6.42 Å². The van der Waals surface area contributed by atoms with Crippen molar-refractivity contribution < 1.29 is 9.59 Å². The highest BCUT2D eigenvalue weighted by molar-refractivity contribution is 5.82. The van der Waals surface area contributed by atoms with E-state index in [4.69, 9.17) is 0 Å². The molecule has 19 heavy (non-hydrogen) atoms. The third kappa shape index (κ3) is 2.48. The molecule has 1 heterocycles. The summed E-state index contributed by atoms with van der Waals surface area (Å²) in [4.78, 5) is 25.0. The fraction of sp³-hybridized carbons (Fsp3) is 0.467. The van der Waals surface area contributed by atoms with E-state index in [-0.39, 0.29) is 17.9 Å². The Labute approximate surface area is 112 Å². The van der Waals surface area contributed by atoms with Crippen LogP contribution in [-0.4, -0.2) is 35.3 Å². The largest absolute Gasteiger partial charge is 0.351 e. The number of benzene rings is 1. The minimum atomic E-state index is -0.0601. The topological polar surface area (TPSA) is 49.4 Å². The van der Waals surface area contributed by atoms with Gasteiger partial charge < -0.3 is 10.2 Å². The lowest BCUT2D eigenvalue weighted by atomic mass is 10.1. The Morgan fingerprint density at radius 1 is 1.32 bits per heavy atom. The third-order valence-corrected chi connectivity index (χ3v) is 3.95. The second kappa shape index (κ2) is 4.68. The van der Waals surface area contributed by atoms with Crippen molar-refractivity contribution in [2.45, 2.75) is 37.8 Å². The number of hydrogen-bond donors (Lipinski definition) is 1. The monoisotopic (exact) mass is 258 g/mol.